The maximum atomic E-state index is 12.0. The molecule has 1 aliphatic heterocycles. The fourth-order valence-electron chi connectivity index (χ4n) is 2.24. The second-order valence-corrected chi connectivity index (χ2v) is 5.14. The smallest absolute Gasteiger partial charge is 0.254 e. The number of halogens is 1. The fraction of sp³-hybridized carbons (Fsp3) is 0.538. The highest BCUT2D eigenvalue weighted by Crippen LogP contribution is 2.13. The summed E-state index contributed by atoms with van der Waals surface area (Å²) in [6.45, 7) is 5.17. The Kier molecular flexibility index (Phi) is 4.55. The van der Waals surface area contributed by atoms with E-state index in [2.05, 4.69) is 15.2 Å². The Morgan fingerprint density at radius 2 is 2.28 bits per heavy atom. The van der Waals surface area contributed by atoms with Gasteiger partial charge in [0.15, 0.2) is 0 Å². The van der Waals surface area contributed by atoms with E-state index < -0.39 is 0 Å². The molecule has 1 amide bonds. The summed E-state index contributed by atoms with van der Waals surface area (Å²) in [5.74, 6) is -0.153. The number of amides is 1. The lowest BCUT2D eigenvalue weighted by molar-refractivity contribution is 0.0931. The minimum Gasteiger partial charge on any atom is -0.348 e. The van der Waals surface area contributed by atoms with Crippen LogP contribution in [-0.4, -0.2) is 41.5 Å². The van der Waals surface area contributed by atoms with Crippen LogP contribution in [0, 0.1) is 0 Å². The molecule has 2 heterocycles. The largest absolute Gasteiger partial charge is 0.348 e. The van der Waals surface area contributed by atoms with Gasteiger partial charge < -0.3 is 10.2 Å². The first-order valence-electron chi connectivity index (χ1n) is 6.29. The van der Waals surface area contributed by atoms with Crippen LogP contribution in [0.2, 0.25) is 5.02 Å². The molecule has 0 bridgehead atoms. The number of likely N-dealkylation sites (tertiary alicyclic amines) is 1. The van der Waals surface area contributed by atoms with Gasteiger partial charge in [0, 0.05) is 25.0 Å². The number of pyridine rings is 1. The lowest BCUT2D eigenvalue weighted by Crippen LogP contribution is -2.41. The van der Waals surface area contributed by atoms with Gasteiger partial charge in [-0.25, -0.2) is 0 Å². The number of nitrogens with zero attached hydrogens (tertiary/aromatic N) is 2. The average molecular weight is 268 g/mol. The minimum atomic E-state index is -0.153. The fourth-order valence-corrected chi connectivity index (χ4v) is 2.44. The summed E-state index contributed by atoms with van der Waals surface area (Å²) in [6.07, 6.45) is 5.59. The summed E-state index contributed by atoms with van der Waals surface area (Å²) >= 11 is 5.96. The molecule has 1 aromatic rings. The van der Waals surface area contributed by atoms with Crippen molar-refractivity contribution < 1.29 is 4.79 Å². The standard InChI is InChI=1S/C13H18ClN3O/c1-10(9-17-6-2-3-7-17)16-13(18)11-8-15-5-4-12(11)14/h4-5,8,10H,2-3,6-7,9H2,1H3,(H,16,18). The molecule has 1 fully saturated rings. The van der Waals surface area contributed by atoms with Gasteiger partial charge in [-0.1, -0.05) is 11.6 Å². The summed E-state index contributed by atoms with van der Waals surface area (Å²) in [6, 6.07) is 1.74. The third-order valence-corrected chi connectivity index (χ3v) is 3.45. The van der Waals surface area contributed by atoms with E-state index in [0.29, 0.717) is 10.6 Å². The van der Waals surface area contributed by atoms with Gasteiger partial charge in [0.05, 0.1) is 10.6 Å². The molecule has 4 nitrogen and oxygen atoms in total. The Hall–Kier alpha value is -1.13. The molecular weight excluding hydrogens is 250 g/mol. The van der Waals surface area contributed by atoms with E-state index in [-0.39, 0.29) is 11.9 Å². The van der Waals surface area contributed by atoms with Gasteiger partial charge in [-0.3, -0.25) is 9.78 Å². The monoisotopic (exact) mass is 267 g/mol. The number of carbonyl (C=O) groups excluding carboxylic acids is 1. The molecule has 18 heavy (non-hydrogen) atoms. The molecule has 0 spiro atoms. The second kappa shape index (κ2) is 6.16. The zero-order chi connectivity index (χ0) is 13.0. The van der Waals surface area contributed by atoms with Crippen LogP contribution in [0.4, 0.5) is 0 Å². The molecule has 0 radical (unpaired) electrons. The summed E-state index contributed by atoms with van der Waals surface area (Å²) in [4.78, 5) is 18.3. The maximum Gasteiger partial charge on any atom is 0.254 e. The predicted molar refractivity (Wildman–Crippen MR) is 71.8 cm³/mol. The molecule has 1 N–H and O–H groups in total. The van der Waals surface area contributed by atoms with Crippen molar-refractivity contribution in [2.45, 2.75) is 25.8 Å². The van der Waals surface area contributed by atoms with E-state index in [0.717, 1.165) is 19.6 Å². The zero-order valence-electron chi connectivity index (χ0n) is 10.5. The van der Waals surface area contributed by atoms with Crippen LogP contribution < -0.4 is 5.32 Å². The lowest BCUT2D eigenvalue weighted by Gasteiger charge is -2.21. The van der Waals surface area contributed by atoms with Crippen molar-refractivity contribution in [3.8, 4) is 0 Å². The number of aromatic nitrogens is 1. The Labute approximate surface area is 112 Å². The number of nitrogens with one attached hydrogen (secondary N) is 1. The molecule has 98 valence electrons. The summed E-state index contributed by atoms with van der Waals surface area (Å²) in [5.41, 5.74) is 0.437. The van der Waals surface area contributed by atoms with Gasteiger partial charge >= 0.3 is 0 Å². The summed E-state index contributed by atoms with van der Waals surface area (Å²) in [7, 11) is 0. The summed E-state index contributed by atoms with van der Waals surface area (Å²) < 4.78 is 0. The molecule has 1 saturated heterocycles. The molecule has 1 aromatic heterocycles. The van der Waals surface area contributed by atoms with Crippen molar-refractivity contribution in [1.29, 1.82) is 0 Å². The van der Waals surface area contributed by atoms with Crippen LogP contribution in [0.5, 0.6) is 0 Å². The van der Waals surface area contributed by atoms with Crippen LogP contribution in [-0.2, 0) is 0 Å². The third kappa shape index (κ3) is 3.43. The number of rotatable bonds is 4. The SMILES string of the molecule is CC(CN1CCCC1)NC(=O)c1cnccc1Cl. The number of hydrogen-bond acceptors (Lipinski definition) is 3. The predicted octanol–water partition coefficient (Wildman–Crippen LogP) is 1.95. The van der Waals surface area contributed by atoms with Crippen molar-refractivity contribution in [2.75, 3.05) is 19.6 Å². The van der Waals surface area contributed by atoms with E-state index in [1.165, 1.54) is 19.0 Å². The van der Waals surface area contributed by atoms with Gasteiger partial charge in [-0.2, -0.15) is 0 Å². The van der Waals surface area contributed by atoms with Crippen molar-refractivity contribution >= 4 is 17.5 Å². The van der Waals surface area contributed by atoms with Crippen LogP contribution >= 0.6 is 11.6 Å². The van der Waals surface area contributed by atoms with Crippen LogP contribution in [0.15, 0.2) is 18.5 Å². The first-order valence-corrected chi connectivity index (χ1v) is 6.67. The van der Waals surface area contributed by atoms with Crippen molar-refractivity contribution in [3.05, 3.63) is 29.0 Å². The van der Waals surface area contributed by atoms with E-state index in [1.807, 2.05) is 6.92 Å². The third-order valence-electron chi connectivity index (χ3n) is 3.12. The van der Waals surface area contributed by atoms with E-state index in [9.17, 15) is 4.79 Å². The molecule has 0 aliphatic carbocycles. The molecular formula is C13H18ClN3O. The highest BCUT2D eigenvalue weighted by Gasteiger charge is 2.17. The van der Waals surface area contributed by atoms with Crippen LogP contribution in [0.3, 0.4) is 0 Å². The van der Waals surface area contributed by atoms with Crippen LogP contribution in [0.25, 0.3) is 0 Å². The Morgan fingerprint density at radius 3 is 2.94 bits per heavy atom. The zero-order valence-corrected chi connectivity index (χ0v) is 11.3. The van der Waals surface area contributed by atoms with E-state index in [1.54, 1.807) is 12.3 Å². The van der Waals surface area contributed by atoms with E-state index >= 15 is 0 Å². The molecule has 1 aliphatic rings. The lowest BCUT2D eigenvalue weighted by atomic mass is 10.2. The second-order valence-electron chi connectivity index (χ2n) is 4.74. The Bertz CT molecular complexity index is 418. The average Bonchev–Trinajstić information content (AvgIpc) is 2.82. The number of carbonyl (C=O) groups is 1. The Balaban J connectivity index is 1.88. The molecule has 0 aromatic carbocycles. The van der Waals surface area contributed by atoms with Gasteiger partial charge in [-0.15, -0.1) is 0 Å². The van der Waals surface area contributed by atoms with Crippen molar-refractivity contribution in [1.82, 2.24) is 15.2 Å². The maximum absolute atomic E-state index is 12.0. The molecule has 0 saturated carbocycles. The topological polar surface area (TPSA) is 45.2 Å². The summed E-state index contributed by atoms with van der Waals surface area (Å²) in [5, 5.41) is 3.40. The van der Waals surface area contributed by atoms with Crippen LogP contribution in [0.1, 0.15) is 30.1 Å². The number of hydrogen-bond donors (Lipinski definition) is 1. The first-order chi connectivity index (χ1) is 8.66. The van der Waals surface area contributed by atoms with Crippen molar-refractivity contribution in [2.24, 2.45) is 0 Å². The molecule has 1 atom stereocenters. The normalized spacial score (nSPS) is 17.7. The van der Waals surface area contributed by atoms with Gasteiger partial charge in [0.25, 0.3) is 5.91 Å². The highest BCUT2D eigenvalue weighted by molar-refractivity contribution is 6.33. The molecule has 5 heteroatoms. The van der Waals surface area contributed by atoms with Gasteiger partial charge in [0.1, 0.15) is 0 Å². The molecule has 2 rings (SSSR count). The highest BCUT2D eigenvalue weighted by atomic mass is 35.5. The van der Waals surface area contributed by atoms with Gasteiger partial charge in [-0.05, 0) is 38.9 Å². The van der Waals surface area contributed by atoms with Crippen molar-refractivity contribution in [3.63, 3.8) is 0 Å². The van der Waals surface area contributed by atoms with Gasteiger partial charge in [0.2, 0.25) is 0 Å². The van der Waals surface area contributed by atoms with E-state index in [4.69, 9.17) is 11.6 Å². The minimum absolute atomic E-state index is 0.117. The Morgan fingerprint density at radius 1 is 1.56 bits per heavy atom. The quantitative estimate of drug-likeness (QED) is 0.907. The molecule has 1 unspecified atom stereocenters. The first kappa shape index (κ1) is 13.3.